The van der Waals surface area contributed by atoms with Gasteiger partial charge in [0.1, 0.15) is 5.60 Å². The highest BCUT2D eigenvalue weighted by molar-refractivity contribution is 5.85. The fourth-order valence-electron chi connectivity index (χ4n) is 4.20. The van der Waals surface area contributed by atoms with E-state index in [-0.39, 0.29) is 17.6 Å². The third-order valence-corrected chi connectivity index (χ3v) is 5.45. The Morgan fingerprint density at radius 2 is 1.70 bits per heavy atom. The number of aliphatic hydroxyl groups is 1. The standard InChI is InChI=1S/C16H27NO3/c18-14(16(19)9-4-5-10-16)17-13-6-11-20-15(12-13)7-2-1-3-8-15/h13,19H,1-12H2,(H,17,18). The number of carbonyl (C=O) groups excluding carboxylic acids is 1. The van der Waals surface area contributed by atoms with Gasteiger partial charge < -0.3 is 15.2 Å². The van der Waals surface area contributed by atoms with Crippen molar-refractivity contribution in [2.75, 3.05) is 6.61 Å². The van der Waals surface area contributed by atoms with Crippen LogP contribution in [-0.2, 0) is 9.53 Å². The van der Waals surface area contributed by atoms with Crippen molar-refractivity contribution in [2.24, 2.45) is 0 Å². The van der Waals surface area contributed by atoms with Crippen LogP contribution in [0, 0.1) is 0 Å². The van der Waals surface area contributed by atoms with E-state index in [9.17, 15) is 9.90 Å². The Kier molecular flexibility index (Phi) is 4.04. The fourth-order valence-corrected chi connectivity index (χ4v) is 4.20. The van der Waals surface area contributed by atoms with Crippen LogP contribution in [0.1, 0.15) is 70.6 Å². The zero-order chi connectivity index (χ0) is 14.1. The molecule has 20 heavy (non-hydrogen) atoms. The van der Waals surface area contributed by atoms with Crippen LogP contribution in [0.3, 0.4) is 0 Å². The highest BCUT2D eigenvalue weighted by atomic mass is 16.5. The van der Waals surface area contributed by atoms with Gasteiger partial charge in [-0.25, -0.2) is 0 Å². The fraction of sp³-hybridized carbons (Fsp3) is 0.938. The minimum atomic E-state index is -1.10. The lowest BCUT2D eigenvalue weighted by Gasteiger charge is -2.44. The smallest absolute Gasteiger partial charge is 0.252 e. The summed E-state index contributed by atoms with van der Waals surface area (Å²) < 4.78 is 6.06. The van der Waals surface area contributed by atoms with Crippen LogP contribution < -0.4 is 5.32 Å². The molecule has 1 atom stereocenters. The lowest BCUT2D eigenvalue weighted by atomic mass is 9.78. The molecule has 3 rings (SSSR count). The molecule has 0 aromatic rings. The van der Waals surface area contributed by atoms with Crippen LogP contribution in [0.25, 0.3) is 0 Å². The van der Waals surface area contributed by atoms with E-state index in [2.05, 4.69) is 5.32 Å². The van der Waals surface area contributed by atoms with E-state index in [0.29, 0.717) is 12.8 Å². The number of amides is 1. The van der Waals surface area contributed by atoms with Crippen molar-refractivity contribution in [2.45, 2.75) is 87.9 Å². The Morgan fingerprint density at radius 3 is 2.40 bits per heavy atom. The molecular weight excluding hydrogens is 254 g/mol. The van der Waals surface area contributed by atoms with Crippen molar-refractivity contribution in [1.29, 1.82) is 0 Å². The molecule has 1 saturated heterocycles. The molecule has 1 spiro atoms. The van der Waals surface area contributed by atoms with Gasteiger partial charge in [0.25, 0.3) is 5.91 Å². The lowest BCUT2D eigenvalue weighted by Crippen LogP contribution is -2.54. The predicted octanol–water partition coefficient (Wildman–Crippen LogP) is 2.29. The molecule has 2 aliphatic carbocycles. The van der Waals surface area contributed by atoms with Gasteiger partial charge >= 0.3 is 0 Å². The number of nitrogens with one attached hydrogen (secondary N) is 1. The van der Waals surface area contributed by atoms with E-state index >= 15 is 0 Å². The van der Waals surface area contributed by atoms with Crippen molar-refractivity contribution in [1.82, 2.24) is 5.32 Å². The summed E-state index contributed by atoms with van der Waals surface area (Å²) in [5, 5.41) is 13.5. The number of ether oxygens (including phenoxy) is 1. The zero-order valence-electron chi connectivity index (χ0n) is 12.3. The normalized spacial score (nSPS) is 32.1. The third-order valence-electron chi connectivity index (χ3n) is 5.45. The first kappa shape index (κ1) is 14.3. The molecule has 0 aromatic carbocycles. The second kappa shape index (κ2) is 5.64. The molecule has 1 amide bonds. The third kappa shape index (κ3) is 2.86. The van der Waals surface area contributed by atoms with Gasteiger partial charge in [-0.05, 0) is 51.4 Å². The maximum atomic E-state index is 12.3. The van der Waals surface area contributed by atoms with Crippen LogP contribution in [0.2, 0.25) is 0 Å². The molecule has 1 heterocycles. The van der Waals surface area contributed by atoms with Crippen LogP contribution >= 0.6 is 0 Å². The van der Waals surface area contributed by atoms with Crippen molar-refractivity contribution in [3.05, 3.63) is 0 Å². The molecule has 2 N–H and O–H groups in total. The van der Waals surface area contributed by atoms with Gasteiger partial charge in [0.2, 0.25) is 0 Å². The molecule has 3 aliphatic rings. The lowest BCUT2D eigenvalue weighted by molar-refractivity contribution is -0.144. The maximum Gasteiger partial charge on any atom is 0.252 e. The maximum absolute atomic E-state index is 12.3. The highest BCUT2D eigenvalue weighted by Crippen LogP contribution is 2.39. The van der Waals surface area contributed by atoms with Crippen LogP contribution in [0.4, 0.5) is 0 Å². The average molecular weight is 281 g/mol. The quantitative estimate of drug-likeness (QED) is 0.816. The summed E-state index contributed by atoms with van der Waals surface area (Å²) in [6, 6.07) is 0.180. The van der Waals surface area contributed by atoms with E-state index in [1.165, 1.54) is 19.3 Å². The summed E-state index contributed by atoms with van der Waals surface area (Å²) in [5.41, 5.74) is -1.09. The molecule has 1 aliphatic heterocycles. The zero-order valence-corrected chi connectivity index (χ0v) is 12.3. The van der Waals surface area contributed by atoms with Crippen molar-refractivity contribution >= 4 is 5.91 Å². The van der Waals surface area contributed by atoms with Gasteiger partial charge in [-0.3, -0.25) is 4.79 Å². The Balaban J connectivity index is 1.58. The summed E-state index contributed by atoms with van der Waals surface area (Å²) in [6.07, 6.45) is 11.0. The van der Waals surface area contributed by atoms with Gasteiger partial charge in [-0.2, -0.15) is 0 Å². The van der Waals surface area contributed by atoms with Crippen LogP contribution in [-0.4, -0.2) is 34.9 Å². The Bertz CT molecular complexity index is 351. The van der Waals surface area contributed by atoms with Gasteiger partial charge in [0.05, 0.1) is 5.60 Å². The molecule has 4 heteroatoms. The van der Waals surface area contributed by atoms with Gasteiger partial charge in [-0.1, -0.05) is 19.3 Å². The van der Waals surface area contributed by atoms with E-state index < -0.39 is 5.60 Å². The second-order valence-electron chi connectivity index (χ2n) is 6.99. The van der Waals surface area contributed by atoms with E-state index in [0.717, 1.165) is 45.1 Å². The average Bonchev–Trinajstić information content (AvgIpc) is 2.88. The summed E-state index contributed by atoms with van der Waals surface area (Å²) in [4.78, 5) is 12.3. The number of rotatable bonds is 2. The van der Waals surface area contributed by atoms with Crippen molar-refractivity contribution < 1.29 is 14.6 Å². The minimum Gasteiger partial charge on any atom is -0.380 e. The second-order valence-corrected chi connectivity index (χ2v) is 6.99. The highest BCUT2D eigenvalue weighted by Gasteiger charge is 2.43. The molecular formula is C16H27NO3. The summed E-state index contributed by atoms with van der Waals surface area (Å²) in [5.74, 6) is -0.146. The van der Waals surface area contributed by atoms with Gasteiger partial charge in [0.15, 0.2) is 0 Å². The predicted molar refractivity (Wildman–Crippen MR) is 76.4 cm³/mol. The number of carbonyl (C=O) groups is 1. The topological polar surface area (TPSA) is 58.6 Å². The molecule has 0 aromatic heterocycles. The molecule has 0 radical (unpaired) electrons. The number of hydrogen-bond donors (Lipinski definition) is 2. The van der Waals surface area contributed by atoms with Gasteiger partial charge in [0, 0.05) is 12.6 Å². The molecule has 3 fully saturated rings. The monoisotopic (exact) mass is 281 g/mol. The van der Waals surface area contributed by atoms with E-state index in [1.807, 2.05) is 0 Å². The largest absolute Gasteiger partial charge is 0.380 e. The summed E-state index contributed by atoms with van der Waals surface area (Å²) >= 11 is 0. The first-order valence-electron chi connectivity index (χ1n) is 8.29. The van der Waals surface area contributed by atoms with Crippen LogP contribution in [0.5, 0.6) is 0 Å². The molecule has 2 saturated carbocycles. The summed E-state index contributed by atoms with van der Waals surface area (Å²) in [7, 11) is 0. The van der Waals surface area contributed by atoms with E-state index in [4.69, 9.17) is 4.74 Å². The molecule has 1 unspecified atom stereocenters. The SMILES string of the molecule is O=C(NC1CCOC2(CCCCC2)C1)C1(O)CCCC1. The van der Waals surface area contributed by atoms with Gasteiger partial charge in [-0.15, -0.1) is 0 Å². The first-order chi connectivity index (χ1) is 9.62. The Morgan fingerprint density at radius 1 is 1.05 bits per heavy atom. The molecule has 114 valence electrons. The van der Waals surface area contributed by atoms with E-state index in [1.54, 1.807) is 0 Å². The minimum absolute atomic E-state index is 0.00669. The Hall–Kier alpha value is -0.610. The first-order valence-corrected chi connectivity index (χ1v) is 8.29. The summed E-state index contributed by atoms with van der Waals surface area (Å²) in [6.45, 7) is 0.739. The van der Waals surface area contributed by atoms with Crippen molar-refractivity contribution in [3.63, 3.8) is 0 Å². The van der Waals surface area contributed by atoms with Crippen LogP contribution in [0.15, 0.2) is 0 Å². The molecule has 4 nitrogen and oxygen atoms in total. The van der Waals surface area contributed by atoms with Crippen molar-refractivity contribution in [3.8, 4) is 0 Å². The number of hydrogen-bond acceptors (Lipinski definition) is 3. The molecule has 0 bridgehead atoms. The Labute approximate surface area is 121 Å².